The molecule has 0 aromatic heterocycles. The van der Waals surface area contributed by atoms with Crippen LogP contribution in [0.15, 0.2) is 36.4 Å². The van der Waals surface area contributed by atoms with Crippen LogP contribution in [0.2, 0.25) is 0 Å². The van der Waals surface area contributed by atoms with E-state index in [1.165, 1.54) is 12.1 Å². The zero-order valence-corrected chi connectivity index (χ0v) is 12.3. The van der Waals surface area contributed by atoms with Crippen molar-refractivity contribution in [2.45, 2.75) is 20.5 Å². The highest BCUT2D eigenvalue weighted by Gasteiger charge is 2.08. The van der Waals surface area contributed by atoms with Crippen molar-refractivity contribution in [3.05, 3.63) is 64.5 Å². The molecular formula is C16H16FNOS. The van der Waals surface area contributed by atoms with Crippen molar-refractivity contribution in [1.29, 1.82) is 0 Å². The Balaban J connectivity index is 2.24. The first-order valence-electron chi connectivity index (χ1n) is 6.25. The predicted octanol–water partition coefficient (Wildman–Crippen LogP) is 3.66. The predicted molar refractivity (Wildman–Crippen MR) is 82.5 cm³/mol. The standard InChI is InChI=1S/C16H16FNOS/c1-10-3-4-11(2)15(7-10)19-9-12-8-13(17)5-6-14(12)16(18)20/h3-8H,9H2,1-2H3,(H2,18,20). The highest BCUT2D eigenvalue weighted by Crippen LogP contribution is 2.21. The monoisotopic (exact) mass is 289 g/mol. The zero-order valence-electron chi connectivity index (χ0n) is 11.4. The summed E-state index contributed by atoms with van der Waals surface area (Å²) in [5.41, 5.74) is 9.08. The van der Waals surface area contributed by atoms with Crippen molar-refractivity contribution in [2.24, 2.45) is 5.73 Å². The van der Waals surface area contributed by atoms with Gasteiger partial charge in [0, 0.05) is 11.1 Å². The molecule has 0 saturated heterocycles. The molecule has 0 amide bonds. The SMILES string of the molecule is Cc1ccc(C)c(OCc2cc(F)ccc2C(N)=S)c1. The lowest BCUT2D eigenvalue weighted by Crippen LogP contribution is -2.14. The third kappa shape index (κ3) is 3.33. The van der Waals surface area contributed by atoms with E-state index in [9.17, 15) is 4.39 Å². The van der Waals surface area contributed by atoms with Gasteiger partial charge in [0.05, 0.1) is 0 Å². The maximum atomic E-state index is 13.3. The first kappa shape index (κ1) is 14.5. The molecule has 0 aliphatic rings. The van der Waals surface area contributed by atoms with Crippen molar-refractivity contribution < 1.29 is 9.13 Å². The molecule has 0 saturated carbocycles. The Bertz CT molecular complexity index is 655. The van der Waals surface area contributed by atoms with E-state index in [0.29, 0.717) is 11.1 Å². The summed E-state index contributed by atoms with van der Waals surface area (Å²) in [7, 11) is 0. The smallest absolute Gasteiger partial charge is 0.123 e. The Morgan fingerprint density at radius 3 is 2.65 bits per heavy atom. The normalized spacial score (nSPS) is 10.3. The topological polar surface area (TPSA) is 35.2 Å². The summed E-state index contributed by atoms with van der Waals surface area (Å²) in [5, 5.41) is 0. The minimum atomic E-state index is -0.329. The molecule has 20 heavy (non-hydrogen) atoms. The summed E-state index contributed by atoms with van der Waals surface area (Å²) in [6.45, 7) is 4.19. The molecule has 104 valence electrons. The molecule has 0 aliphatic heterocycles. The minimum Gasteiger partial charge on any atom is -0.489 e. The Hall–Kier alpha value is -1.94. The van der Waals surface area contributed by atoms with Crippen LogP contribution in [-0.4, -0.2) is 4.99 Å². The van der Waals surface area contributed by atoms with Crippen LogP contribution in [0.25, 0.3) is 0 Å². The Kier molecular flexibility index (Phi) is 4.35. The van der Waals surface area contributed by atoms with E-state index in [2.05, 4.69) is 0 Å². The molecule has 0 fully saturated rings. The Morgan fingerprint density at radius 1 is 1.20 bits per heavy atom. The van der Waals surface area contributed by atoms with Crippen LogP contribution in [0.5, 0.6) is 5.75 Å². The lowest BCUT2D eigenvalue weighted by atomic mass is 10.1. The fraction of sp³-hybridized carbons (Fsp3) is 0.188. The first-order valence-corrected chi connectivity index (χ1v) is 6.66. The molecule has 2 rings (SSSR count). The summed E-state index contributed by atoms with van der Waals surface area (Å²) in [5.74, 6) is 0.452. The summed E-state index contributed by atoms with van der Waals surface area (Å²) >= 11 is 4.97. The van der Waals surface area contributed by atoms with E-state index in [1.54, 1.807) is 6.07 Å². The molecule has 0 spiro atoms. The van der Waals surface area contributed by atoms with Gasteiger partial charge in [-0.2, -0.15) is 0 Å². The lowest BCUT2D eigenvalue weighted by Gasteiger charge is -2.12. The van der Waals surface area contributed by atoms with Crippen molar-refractivity contribution >= 4 is 17.2 Å². The molecule has 2 N–H and O–H groups in total. The zero-order chi connectivity index (χ0) is 14.7. The highest BCUT2D eigenvalue weighted by molar-refractivity contribution is 7.80. The summed E-state index contributed by atoms with van der Waals surface area (Å²) in [6, 6.07) is 10.3. The van der Waals surface area contributed by atoms with Crippen molar-refractivity contribution in [3.63, 3.8) is 0 Å². The van der Waals surface area contributed by atoms with Gasteiger partial charge in [0.15, 0.2) is 0 Å². The first-order chi connectivity index (χ1) is 9.47. The van der Waals surface area contributed by atoms with Gasteiger partial charge in [-0.3, -0.25) is 0 Å². The molecule has 0 heterocycles. The van der Waals surface area contributed by atoms with Crippen LogP contribution in [0.3, 0.4) is 0 Å². The van der Waals surface area contributed by atoms with Gasteiger partial charge in [-0.15, -0.1) is 0 Å². The van der Waals surface area contributed by atoms with Crippen molar-refractivity contribution in [1.82, 2.24) is 0 Å². The fourth-order valence-corrected chi connectivity index (χ4v) is 2.14. The van der Waals surface area contributed by atoms with Gasteiger partial charge < -0.3 is 10.5 Å². The number of rotatable bonds is 4. The molecule has 0 radical (unpaired) electrons. The summed E-state index contributed by atoms with van der Waals surface area (Å²) in [6.07, 6.45) is 0. The second-order valence-corrected chi connectivity index (χ2v) is 5.16. The number of ether oxygens (including phenoxy) is 1. The van der Waals surface area contributed by atoms with Crippen molar-refractivity contribution in [3.8, 4) is 5.75 Å². The quantitative estimate of drug-likeness (QED) is 0.873. The van der Waals surface area contributed by atoms with Gasteiger partial charge in [0.2, 0.25) is 0 Å². The van der Waals surface area contributed by atoms with E-state index in [-0.39, 0.29) is 17.4 Å². The second kappa shape index (κ2) is 6.01. The molecule has 4 heteroatoms. The van der Waals surface area contributed by atoms with Crippen LogP contribution in [0, 0.1) is 19.7 Å². The number of halogens is 1. The average molecular weight is 289 g/mol. The van der Waals surface area contributed by atoms with E-state index in [1.807, 2.05) is 32.0 Å². The molecule has 0 atom stereocenters. The van der Waals surface area contributed by atoms with Gasteiger partial charge in [0.25, 0.3) is 0 Å². The second-order valence-electron chi connectivity index (χ2n) is 4.72. The number of nitrogens with two attached hydrogens (primary N) is 1. The lowest BCUT2D eigenvalue weighted by molar-refractivity contribution is 0.303. The van der Waals surface area contributed by atoms with E-state index in [0.717, 1.165) is 16.9 Å². The average Bonchev–Trinajstić information content (AvgIpc) is 2.39. The van der Waals surface area contributed by atoms with Crippen LogP contribution < -0.4 is 10.5 Å². The third-order valence-corrected chi connectivity index (χ3v) is 3.28. The van der Waals surface area contributed by atoms with Crippen LogP contribution >= 0.6 is 12.2 Å². The molecule has 0 bridgehead atoms. The highest BCUT2D eigenvalue weighted by atomic mass is 32.1. The molecular weight excluding hydrogens is 273 g/mol. The van der Waals surface area contributed by atoms with Gasteiger partial charge in [0.1, 0.15) is 23.2 Å². The van der Waals surface area contributed by atoms with Crippen LogP contribution in [0.4, 0.5) is 4.39 Å². The molecule has 0 unspecified atom stereocenters. The van der Waals surface area contributed by atoms with Gasteiger partial charge in [-0.25, -0.2) is 4.39 Å². The number of benzene rings is 2. The Labute approximate surface area is 123 Å². The number of hydrogen-bond acceptors (Lipinski definition) is 2. The molecule has 2 aromatic carbocycles. The number of hydrogen-bond donors (Lipinski definition) is 1. The Morgan fingerprint density at radius 2 is 1.95 bits per heavy atom. The van der Waals surface area contributed by atoms with E-state index < -0.39 is 0 Å². The molecule has 2 aromatic rings. The van der Waals surface area contributed by atoms with Gasteiger partial charge >= 0.3 is 0 Å². The maximum Gasteiger partial charge on any atom is 0.123 e. The van der Waals surface area contributed by atoms with Crippen LogP contribution in [-0.2, 0) is 6.61 Å². The number of aryl methyl sites for hydroxylation is 2. The maximum absolute atomic E-state index is 13.3. The van der Waals surface area contributed by atoms with E-state index in [4.69, 9.17) is 22.7 Å². The summed E-state index contributed by atoms with van der Waals surface area (Å²) in [4.78, 5) is 0.240. The molecule has 2 nitrogen and oxygen atoms in total. The fourth-order valence-electron chi connectivity index (χ4n) is 1.94. The third-order valence-electron chi connectivity index (χ3n) is 3.06. The van der Waals surface area contributed by atoms with Crippen LogP contribution in [0.1, 0.15) is 22.3 Å². The van der Waals surface area contributed by atoms with Crippen molar-refractivity contribution in [2.75, 3.05) is 0 Å². The van der Waals surface area contributed by atoms with Gasteiger partial charge in [-0.05, 0) is 49.2 Å². The van der Waals surface area contributed by atoms with E-state index >= 15 is 0 Å². The molecule has 0 aliphatic carbocycles. The number of thiocarbonyl (C=S) groups is 1. The minimum absolute atomic E-state index is 0.231. The summed E-state index contributed by atoms with van der Waals surface area (Å²) < 4.78 is 19.1. The van der Waals surface area contributed by atoms with Gasteiger partial charge in [-0.1, -0.05) is 24.4 Å². The largest absolute Gasteiger partial charge is 0.489 e.